The quantitative estimate of drug-likeness (QED) is 0.872. The van der Waals surface area contributed by atoms with E-state index in [1.807, 2.05) is 0 Å². The molecule has 100 valence electrons. The van der Waals surface area contributed by atoms with E-state index in [1.54, 1.807) is 31.6 Å². The number of nitrogens with one attached hydrogen (secondary N) is 1. The second kappa shape index (κ2) is 5.43. The number of phenolic OH excluding ortho intramolecular Hbond substituents is 1. The van der Waals surface area contributed by atoms with Crippen LogP contribution in [-0.2, 0) is 6.54 Å². The minimum atomic E-state index is -0.200. The van der Waals surface area contributed by atoms with Crippen LogP contribution in [0.4, 0.5) is 0 Å². The lowest BCUT2D eigenvalue weighted by Crippen LogP contribution is -2.26. The van der Waals surface area contributed by atoms with Gasteiger partial charge in [0.2, 0.25) is 0 Å². The molecule has 19 heavy (non-hydrogen) atoms. The van der Waals surface area contributed by atoms with Crippen LogP contribution in [0, 0.1) is 0 Å². The van der Waals surface area contributed by atoms with Crippen LogP contribution in [0.2, 0.25) is 0 Å². The largest absolute Gasteiger partial charge is 0.504 e. The molecule has 1 amide bonds. The van der Waals surface area contributed by atoms with Gasteiger partial charge in [-0.1, -0.05) is 0 Å². The number of methoxy groups -OCH3 is 1. The summed E-state index contributed by atoms with van der Waals surface area (Å²) in [5.74, 6) is 0.785. The molecule has 0 bridgehead atoms. The first-order chi connectivity index (χ1) is 9.11. The number of hydrogen-bond acceptors (Lipinski definition) is 4. The Morgan fingerprint density at radius 3 is 2.89 bits per heavy atom. The summed E-state index contributed by atoms with van der Waals surface area (Å²) >= 11 is 0. The lowest BCUT2D eigenvalue weighted by molar-refractivity contribution is 0.0781. The molecule has 0 aliphatic rings. The molecule has 0 saturated heterocycles. The Balaban J connectivity index is 2.12. The minimum absolute atomic E-state index is 0.0558. The Labute approximate surface area is 110 Å². The van der Waals surface area contributed by atoms with Crippen LogP contribution in [0.1, 0.15) is 16.2 Å². The van der Waals surface area contributed by atoms with Gasteiger partial charge in [0.05, 0.1) is 13.7 Å². The average Bonchev–Trinajstić information content (AvgIpc) is 2.90. The van der Waals surface area contributed by atoms with E-state index in [0.717, 1.165) is 0 Å². The molecule has 2 N–H and O–H groups in total. The van der Waals surface area contributed by atoms with Gasteiger partial charge in [0.25, 0.3) is 5.91 Å². The highest BCUT2D eigenvalue weighted by Crippen LogP contribution is 2.26. The smallest absolute Gasteiger partial charge is 0.254 e. The molecule has 2 rings (SSSR count). The molecule has 0 unspecified atom stereocenters. The number of imidazole rings is 1. The monoisotopic (exact) mass is 261 g/mol. The van der Waals surface area contributed by atoms with Crippen molar-refractivity contribution in [1.29, 1.82) is 0 Å². The molecule has 0 radical (unpaired) electrons. The summed E-state index contributed by atoms with van der Waals surface area (Å²) in [6.07, 6.45) is 3.33. The molecular weight excluding hydrogens is 246 g/mol. The van der Waals surface area contributed by atoms with Gasteiger partial charge in [0.1, 0.15) is 5.82 Å². The summed E-state index contributed by atoms with van der Waals surface area (Å²) in [6, 6.07) is 4.56. The van der Waals surface area contributed by atoms with Crippen molar-refractivity contribution in [3.05, 3.63) is 42.0 Å². The van der Waals surface area contributed by atoms with Gasteiger partial charge in [-0.25, -0.2) is 4.98 Å². The first kappa shape index (κ1) is 12.9. The molecule has 0 aliphatic heterocycles. The van der Waals surface area contributed by atoms with E-state index < -0.39 is 0 Å². The maximum Gasteiger partial charge on any atom is 0.254 e. The molecule has 0 atom stereocenters. The fourth-order valence-corrected chi connectivity index (χ4v) is 1.72. The highest BCUT2D eigenvalue weighted by Gasteiger charge is 2.14. The van der Waals surface area contributed by atoms with Gasteiger partial charge >= 0.3 is 0 Å². The zero-order chi connectivity index (χ0) is 13.8. The second-order valence-corrected chi connectivity index (χ2v) is 4.08. The Morgan fingerprint density at radius 1 is 1.53 bits per heavy atom. The molecule has 1 aromatic heterocycles. The standard InChI is InChI=1S/C13H15N3O3/c1-16(8-12-14-5-6-15-12)13(18)9-3-4-11(19-2)10(17)7-9/h3-7,17H,8H2,1-2H3,(H,14,15). The topological polar surface area (TPSA) is 78.5 Å². The minimum Gasteiger partial charge on any atom is -0.504 e. The van der Waals surface area contributed by atoms with Gasteiger partial charge in [0, 0.05) is 25.0 Å². The first-order valence-corrected chi connectivity index (χ1v) is 5.72. The number of carbonyl (C=O) groups is 1. The Morgan fingerprint density at radius 2 is 2.32 bits per heavy atom. The van der Waals surface area contributed by atoms with Crippen LogP contribution in [0.25, 0.3) is 0 Å². The van der Waals surface area contributed by atoms with Crippen molar-refractivity contribution in [3.63, 3.8) is 0 Å². The number of hydrogen-bond donors (Lipinski definition) is 2. The summed E-state index contributed by atoms with van der Waals surface area (Å²) < 4.78 is 4.94. The number of aromatic amines is 1. The zero-order valence-corrected chi connectivity index (χ0v) is 10.8. The molecule has 1 aromatic carbocycles. The van der Waals surface area contributed by atoms with E-state index in [9.17, 15) is 9.90 Å². The fraction of sp³-hybridized carbons (Fsp3) is 0.231. The van der Waals surface area contributed by atoms with Gasteiger partial charge in [-0.2, -0.15) is 0 Å². The number of ether oxygens (including phenoxy) is 1. The molecular formula is C13H15N3O3. The molecule has 0 fully saturated rings. The third kappa shape index (κ3) is 2.85. The van der Waals surface area contributed by atoms with Crippen LogP contribution in [-0.4, -0.2) is 40.0 Å². The molecule has 6 heteroatoms. The Bertz CT molecular complexity index is 567. The molecule has 1 heterocycles. The van der Waals surface area contributed by atoms with Crippen molar-refractivity contribution in [2.24, 2.45) is 0 Å². The van der Waals surface area contributed by atoms with E-state index in [2.05, 4.69) is 9.97 Å². The molecule has 0 spiro atoms. The van der Waals surface area contributed by atoms with Gasteiger partial charge < -0.3 is 19.7 Å². The number of nitrogens with zero attached hydrogens (tertiary/aromatic N) is 2. The average molecular weight is 261 g/mol. The predicted molar refractivity (Wildman–Crippen MR) is 69.0 cm³/mol. The van der Waals surface area contributed by atoms with Gasteiger partial charge in [-0.15, -0.1) is 0 Å². The van der Waals surface area contributed by atoms with Gasteiger partial charge in [-0.05, 0) is 18.2 Å². The predicted octanol–water partition coefficient (Wildman–Crippen LogP) is 1.40. The first-order valence-electron chi connectivity index (χ1n) is 5.72. The van der Waals surface area contributed by atoms with E-state index in [-0.39, 0.29) is 11.7 Å². The summed E-state index contributed by atoms with van der Waals surface area (Å²) in [6.45, 7) is 0.374. The van der Waals surface area contributed by atoms with Crippen molar-refractivity contribution in [2.45, 2.75) is 6.54 Å². The zero-order valence-electron chi connectivity index (χ0n) is 10.8. The van der Waals surface area contributed by atoms with Gasteiger partial charge in [-0.3, -0.25) is 4.79 Å². The fourth-order valence-electron chi connectivity index (χ4n) is 1.72. The summed E-state index contributed by atoms with van der Waals surface area (Å²) in [7, 11) is 3.13. The number of amides is 1. The molecule has 6 nitrogen and oxygen atoms in total. The van der Waals surface area contributed by atoms with E-state index in [1.165, 1.54) is 18.1 Å². The Kier molecular flexibility index (Phi) is 3.70. The number of phenols is 1. The third-order valence-electron chi connectivity index (χ3n) is 2.71. The van der Waals surface area contributed by atoms with Crippen molar-refractivity contribution >= 4 is 5.91 Å². The lowest BCUT2D eigenvalue weighted by atomic mass is 10.2. The van der Waals surface area contributed by atoms with Crippen LogP contribution in [0.15, 0.2) is 30.6 Å². The van der Waals surface area contributed by atoms with Crippen molar-refractivity contribution < 1.29 is 14.6 Å². The molecule has 2 aromatic rings. The number of rotatable bonds is 4. The maximum absolute atomic E-state index is 12.2. The van der Waals surface area contributed by atoms with E-state index in [0.29, 0.717) is 23.7 Å². The van der Waals surface area contributed by atoms with Crippen LogP contribution in [0.5, 0.6) is 11.5 Å². The van der Waals surface area contributed by atoms with Crippen molar-refractivity contribution in [3.8, 4) is 11.5 Å². The highest BCUT2D eigenvalue weighted by atomic mass is 16.5. The number of carbonyl (C=O) groups excluding carboxylic acids is 1. The van der Waals surface area contributed by atoms with Crippen molar-refractivity contribution in [1.82, 2.24) is 14.9 Å². The lowest BCUT2D eigenvalue weighted by Gasteiger charge is -2.16. The number of H-pyrrole nitrogens is 1. The summed E-state index contributed by atoms with van der Waals surface area (Å²) in [5, 5.41) is 9.66. The van der Waals surface area contributed by atoms with E-state index in [4.69, 9.17) is 4.74 Å². The van der Waals surface area contributed by atoms with Crippen LogP contribution in [0.3, 0.4) is 0 Å². The SMILES string of the molecule is COc1ccc(C(=O)N(C)Cc2ncc[nH]2)cc1O. The number of aromatic hydroxyl groups is 1. The summed E-state index contributed by atoms with van der Waals surface area (Å²) in [4.78, 5) is 20.7. The normalized spacial score (nSPS) is 10.2. The summed E-state index contributed by atoms with van der Waals surface area (Å²) in [5.41, 5.74) is 0.396. The maximum atomic E-state index is 12.2. The molecule has 0 aliphatic carbocycles. The van der Waals surface area contributed by atoms with Crippen LogP contribution >= 0.6 is 0 Å². The van der Waals surface area contributed by atoms with Crippen molar-refractivity contribution in [2.75, 3.05) is 14.2 Å². The van der Waals surface area contributed by atoms with E-state index >= 15 is 0 Å². The molecule has 0 saturated carbocycles. The van der Waals surface area contributed by atoms with Gasteiger partial charge in [0.15, 0.2) is 11.5 Å². The highest BCUT2D eigenvalue weighted by molar-refractivity contribution is 5.94. The second-order valence-electron chi connectivity index (χ2n) is 4.08. The number of aromatic nitrogens is 2. The Hall–Kier alpha value is -2.50. The van der Waals surface area contributed by atoms with Crippen LogP contribution < -0.4 is 4.74 Å². The number of benzene rings is 1. The third-order valence-corrected chi connectivity index (χ3v) is 2.71.